The van der Waals surface area contributed by atoms with E-state index in [-0.39, 0.29) is 17.2 Å². The molecule has 0 bridgehead atoms. The van der Waals surface area contributed by atoms with Crippen molar-refractivity contribution < 1.29 is 23.4 Å². The number of hydrogen-bond acceptors (Lipinski definition) is 4. The van der Waals surface area contributed by atoms with Crippen LogP contribution in [0, 0.1) is 0 Å². The molecular formula is C11H18N2O5S. The fraction of sp³-hybridized carbons (Fsp3) is 0.545. The van der Waals surface area contributed by atoms with Gasteiger partial charge in [0.2, 0.25) is 10.0 Å². The Morgan fingerprint density at radius 3 is 2.63 bits per heavy atom. The summed E-state index contributed by atoms with van der Waals surface area (Å²) in [7, 11) is -3.82. The highest BCUT2D eigenvalue weighted by Gasteiger charge is 2.22. The van der Waals surface area contributed by atoms with Gasteiger partial charge < -0.3 is 14.8 Å². The Hall–Kier alpha value is -1.38. The maximum absolute atomic E-state index is 12.0. The number of nitrogens with one attached hydrogen (secondary N) is 1. The standard InChI is InChI=1S/C11H18N2O5S/c1-3-4-13-6-9(5-10(13)11(15)16)19(17,18)12-8(2)7-14/h5-6,8,12,14H,3-4,7H2,1-2H3,(H,15,16)/t8-/m0/s1. The molecule has 0 saturated carbocycles. The van der Waals surface area contributed by atoms with Crippen molar-refractivity contribution in [1.29, 1.82) is 0 Å². The number of carbonyl (C=O) groups is 1. The summed E-state index contributed by atoms with van der Waals surface area (Å²) in [4.78, 5) is 10.9. The molecule has 0 unspecified atom stereocenters. The van der Waals surface area contributed by atoms with Crippen molar-refractivity contribution >= 4 is 16.0 Å². The second-order valence-corrected chi connectivity index (χ2v) is 5.98. The van der Waals surface area contributed by atoms with Crippen LogP contribution in [0.4, 0.5) is 0 Å². The predicted octanol–water partition coefficient (Wildman–Crippen LogP) is 0.255. The maximum Gasteiger partial charge on any atom is 0.352 e. The fourth-order valence-electron chi connectivity index (χ4n) is 1.61. The van der Waals surface area contributed by atoms with Gasteiger partial charge in [-0.15, -0.1) is 0 Å². The largest absolute Gasteiger partial charge is 0.477 e. The van der Waals surface area contributed by atoms with Crippen molar-refractivity contribution in [3.63, 3.8) is 0 Å². The lowest BCUT2D eigenvalue weighted by Crippen LogP contribution is -2.34. The summed E-state index contributed by atoms with van der Waals surface area (Å²) in [6.45, 7) is 3.47. The van der Waals surface area contributed by atoms with E-state index in [1.54, 1.807) is 0 Å². The first-order valence-electron chi connectivity index (χ1n) is 5.88. The lowest BCUT2D eigenvalue weighted by atomic mass is 10.4. The number of aliphatic hydroxyl groups is 1. The minimum Gasteiger partial charge on any atom is -0.477 e. The average molecular weight is 290 g/mol. The highest BCUT2D eigenvalue weighted by molar-refractivity contribution is 7.89. The van der Waals surface area contributed by atoms with Gasteiger partial charge in [0.25, 0.3) is 0 Å². The van der Waals surface area contributed by atoms with Crippen LogP contribution in [0.1, 0.15) is 30.8 Å². The van der Waals surface area contributed by atoms with Gasteiger partial charge in [0.1, 0.15) is 10.6 Å². The zero-order valence-corrected chi connectivity index (χ0v) is 11.6. The van der Waals surface area contributed by atoms with Crippen LogP contribution in [0.5, 0.6) is 0 Å². The van der Waals surface area contributed by atoms with E-state index >= 15 is 0 Å². The molecule has 0 amide bonds. The summed E-state index contributed by atoms with van der Waals surface area (Å²) in [5.41, 5.74) is -0.0705. The summed E-state index contributed by atoms with van der Waals surface area (Å²) in [6, 6.07) is 0.484. The molecule has 0 radical (unpaired) electrons. The second kappa shape index (κ2) is 6.18. The minimum atomic E-state index is -3.82. The first-order chi connectivity index (χ1) is 8.81. The lowest BCUT2D eigenvalue weighted by Gasteiger charge is -2.09. The molecule has 19 heavy (non-hydrogen) atoms. The zero-order valence-electron chi connectivity index (χ0n) is 10.8. The van der Waals surface area contributed by atoms with Crippen LogP contribution in [0.3, 0.4) is 0 Å². The average Bonchev–Trinajstić information content (AvgIpc) is 2.74. The molecule has 1 heterocycles. The molecule has 0 aliphatic carbocycles. The number of hydrogen-bond donors (Lipinski definition) is 3. The Labute approximate surface area is 111 Å². The first-order valence-corrected chi connectivity index (χ1v) is 7.36. The van der Waals surface area contributed by atoms with Crippen molar-refractivity contribution in [2.45, 2.75) is 37.8 Å². The smallest absolute Gasteiger partial charge is 0.352 e. The first kappa shape index (κ1) is 15.7. The molecule has 1 aromatic rings. The van der Waals surface area contributed by atoms with Crippen molar-refractivity contribution in [1.82, 2.24) is 9.29 Å². The van der Waals surface area contributed by atoms with Crippen LogP contribution in [0.25, 0.3) is 0 Å². The van der Waals surface area contributed by atoms with E-state index in [0.29, 0.717) is 13.0 Å². The molecule has 0 aliphatic heterocycles. The lowest BCUT2D eigenvalue weighted by molar-refractivity contribution is 0.0685. The summed E-state index contributed by atoms with van der Waals surface area (Å²) < 4.78 is 27.6. The van der Waals surface area contributed by atoms with Gasteiger partial charge in [-0.3, -0.25) is 0 Å². The fourth-order valence-corrected chi connectivity index (χ4v) is 2.88. The highest BCUT2D eigenvalue weighted by Crippen LogP contribution is 2.15. The number of sulfonamides is 1. The molecule has 7 nitrogen and oxygen atoms in total. The van der Waals surface area contributed by atoms with E-state index in [1.165, 1.54) is 17.7 Å². The number of aryl methyl sites for hydroxylation is 1. The summed E-state index contributed by atoms with van der Waals surface area (Å²) in [5, 5.41) is 17.9. The molecule has 1 rings (SSSR count). The zero-order chi connectivity index (χ0) is 14.6. The van der Waals surface area contributed by atoms with Crippen molar-refractivity contribution in [3.8, 4) is 0 Å². The Kier molecular flexibility index (Phi) is 5.10. The highest BCUT2D eigenvalue weighted by atomic mass is 32.2. The van der Waals surface area contributed by atoms with Crippen LogP contribution in [-0.4, -0.2) is 41.8 Å². The molecule has 8 heteroatoms. The molecule has 0 saturated heterocycles. The molecular weight excluding hydrogens is 272 g/mol. The summed E-state index contributed by atoms with van der Waals surface area (Å²) in [5.74, 6) is -1.18. The minimum absolute atomic E-state index is 0.0705. The van der Waals surface area contributed by atoms with Gasteiger partial charge in [0.05, 0.1) is 6.61 Å². The van der Waals surface area contributed by atoms with Gasteiger partial charge in [0, 0.05) is 18.8 Å². The second-order valence-electron chi connectivity index (χ2n) is 4.26. The molecule has 0 aromatic carbocycles. The Morgan fingerprint density at radius 2 is 2.16 bits per heavy atom. The number of carboxylic acids is 1. The molecule has 3 N–H and O–H groups in total. The van der Waals surface area contributed by atoms with E-state index < -0.39 is 22.0 Å². The topological polar surface area (TPSA) is 109 Å². The third-order valence-electron chi connectivity index (χ3n) is 2.50. The van der Waals surface area contributed by atoms with Gasteiger partial charge in [-0.25, -0.2) is 17.9 Å². The monoisotopic (exact) mass is 290 g/mol. The van der Waals surface area contributed by atoms with Gasteiger partial charge in [-0.05, 0) is 19.4 Å². The normalized spacial score (nSPS) is 13.4. The summed E-state index contributed by atoms with van der Waals surface area (Å²) in [6.07, 6.45) is 1.98. The predicted molar refractivity (Wildman–Crippen MR) is 68.6 cm³/mol. The van der Waals surface area contributed by atoms with E-state index in [4.69, 9.17) is 10.2 Å². The van der Waals surface area contributed by atoms with E-state index in [1.807, 2.05) is 6.92 Å². The van der Waals surface area contributed by atoms with Crippen molar-refractivity contribution in [2.75, 3.05) is 6.61 Å². The van der Waals surface area contributed by atoms with E-state index in [2.05, 4.69) is 4.72 Å². The SMILES string of the molecule is CCCn1cc(S(=O)(=O)N[C@@H](C)CO)cc1C(=O)O. The third kappa shape index (κ3) is 3.79. The van der Waals surface area contributed by atoms with Crippen LogP contribution >= 0.6 is 0 Å². The number of aromatic nitrogens is 1. The van der Waals surface area contributed by atoms with E-state index in [0.717, 1.165) is 6.07 Å². The van der Waals surface area contributed by atoms with Gasteiger partial charge in [-0.2, -0.15) is 0 Å². The molecule has 1 aromatic heterocycles. The maximum atomic E-state index is 12.0. The number of carboxylic acid groups (broad SMARTS) is 1. The Morgan fingerprint density at radius 1 is 1.53 bits per heavy atom. The quantitative estimate of drug-likeness (QED) is 0.667. The Bertz CT molecular complexity index is 549. The van der Waals surface area contributed by atoms with E-state index in [9.17, 15) is 13.2 Å². The number of aromatic carboxylic acids is 1. The van der Waals surface area contributed by atoms with Crippen LogP contribution in [-0.2, 0) is 16.6 Å². The van der Waals surface area contributed by atoms with Crippen LogP contribution < -0.4 is 4.72 Å². The Balaban J connectivity index is 3.14. The van der Waals surface area contributed by atoms with Gasteiger partial charge >= 0.3 is 5.97 Å². The van der Waals surface area contributed by atoms with Crippen molar-refractivity contribution in [2.24, 2.45) is 0 Å². The van der Waals surface area contributed by atoms with Gasteiger partial charge in [-0.1, -0.05) is 6.92 Å². The third-order valence-corrected chi connectivity index (χ3v) is 4.05. The van der Waals surface area contributed by atoms with Crippen LogP contribution in [0.2, 0.25) is 0 Å². The number of aliphatic hydroxyl groups excluding tert-OH is 1. The molecule has 108 valence electrons. The molecule has 1 atom stereocenters. The summed E-state index contributed by atoms with van der Waals surface area (Å²) >= 11 is 0. The van der Waals surface area contributed by atoms with Gasteiger partial charge in [0.15, 0.2) is 0 Å². The number of rotatable bonds is 7. The molecule has 0 spiro atoms. The molecule has 0 aliphatic rings. The van der Waals surface area contributed by atoms with Crippen LogP contribution in [0.15, 0.2) is 17.2 Å². The number of nitrogens with zero attached hydrogens (tertiary/aromatic N) is 1. The molecule has 0 fully saturated rings. The van der Waals surface area contributed by atoms with Crippen molar-refractivity contribution in [3.05, 3.63) is 18.0 Å².